The van der Waals surface area contributed by atoms with Crippen LogP contribution in [0.15, 0.2) is 29.8 Å². The predicted octanol–water partition coefficient (Wildman–Crippen LogP) is 5.55. The molecule has 0 radical (unpaired) electrons. The summed E-state index contributed by atoms with van der Waals surface area (Å²) < 4.78 is 22.8. The van der Waals surface area contributed by atoms with Crippen LogP contribution in [0.2, 0.25) is 0 Å². The van der Waals surface area contributed by atoms with Crippen molar-refractivity contribution in [1.29, 1.82) is 0 Å². The number of hydrogen-bond donors (Lipinski definition) is 1. The number of rotatable bonds is 10. The fourth-order valence-electron chi connectivity index (χ4n) is 3.48. The van der Waals surface area contributed by atoms with Gasteiger partial charge in [0.25, 0.3) is 0 Å². The highest BCUT2D eigenvalue weighted by Crippen LogP contribution is 2.50. The zero-order chi connectivity index (χ0) is 24.0. The Balaban J connectivity index is 2.80. The maximum absolute atomic E-state index is 12.8. The first-order valence-electron chi connectivity index (χ1n) is 10.5. The van der Waals surface area contributed by atoms with Crippen LogP contribution in [0.25, 0.3) is 10.8 Å². The highest BCUT2D eigenvalue weighted by atomic mass is 32.2. The van der Waals surface area contributed by atoms with Crippen molar-refractivity contribution in [3.63, 3.8) is 0 Å². The van der Waals surface area contributed by atoms with Crippen LogP contribution in [-0.2, 0) is 4.79 Å². The van der Waals surface area contributed by atoms with Gasteiger partial charge in [0.1, 0.15) is 29.1 Å². The number of allylic oxidation sites excluding steroid dienone is 2. The van der Waals surface area contributed by atoms with Crippen LogP contribution in [-0.4, -0.2) is 44.8 Å². The Hall–Kier alpha value is -2.38. The van der Waals surface area contributed by atoms with Crippen molar-refractivity contribution < 1.29 is 28.8 Å². The SMILES string of the molecule is COc1ccc(OC)c2c(OC)c(C(CC=C(C)C)SC(=O)C(O)C(C)C)cc(OC)c12. The number of benzene rings is 2. The standard InChI is InChI=1S/C25H34O6S/c1-14(2)9-12-20(32-25(27)23(26)15(3)4)16-13-19(30-7)21-17(28-5)10-11-18(29-6)22(21)24(16)31-8/h9-11,13,15,20,23,26H,12H2,1-8H3. The second-order valence-electron chi connectivity index (χ2n) is 8.05. The van der Waals surface area contributed by atoms with Crippen molar-refractivity contribution in [2.45, 2.75) is 45.5 Å². The Bertz CT molecular complexity index is 978. The summed E-state index contributed by atoms with van der Waals surface area (Å²) in [6.45, 7) is 7.67. The number of fused-ring (bicyclic) bond motifs is 1. The molecule has 0 bridgehead atoms. The second kappa shape index (κ2) is 11.5. The fraction of sp³-hybridized carbons (Fsp3) is 0.480. The van der Waals surface area contributed by atoms with E-state index in [1.54, 1.807) is 28.4 Å². The molecule has 2 unspecified atom stereocenters. The first-order valence-corrected chi connectivity index (χ1v) is 11.4. The van der Waals surface area contributed by atoms with E-state index in [-0.39, 0.29) is 16.3 Å². The minimum absolute atomic E-state index is 0.170. The van der Waals surface area contributed by atoms with Crippen LogP contribution in [0.1, 0.15) is 44.9 Å². The van der Waals surface area contributed by atoms with E-state index in [0.717, 1.165) is 28.3 Å². The number of hydrogen-bond acceptors (Lipinski definition) is 7. The second-order valence-corrected chi connectivity index (χ2v) is 9.26. The van der Waals surface area contributed by atoms with Crippen LogP contribution < -0.4 is 18.9 Å². The van der Waals surface area contributed by atoms with Crippen LogP contribution in [0.5, 0.6) is 23.0 Å². The summed E-state index contributed by atoms with van der Waals surface area (Å²) in [5.74, 6) is 2.24. The average Bonchev–Trinajstić information content (AvgIpc) is 2.78. The van der Waals surface area contributed by atoms with Gasteiger partial charge in [0.2, 0.25) is 5.12 Å². The molecule has 0 aliphatic heterocycles. The van der Waals surface area contributed by atoms with Crippen LogP contribution in [0.4, 0.5) is 0 Å². The number of methoxy groups -OCH3 is 4. The maximum Gasteiger partial charge on any atom is 0.218 e. The lowest BCUT2D eigenvalue weighted by Gasteiger charge is -2.24. The van der Waals surface area contributed by atoms with E-state index >= 15 is 0 Å². The molecule has 0 heterocycles. The van der Waals surface area contributed by atoms with E-state index in [1.165, 1.54) is 0 Å². The van der Waals surface area contributed by atoms with Gasteiger partial charge in [0, 0.05) is 10.8 Å². The molecule has 32 heavy (non-hydrogen) atoms. The highest BCUT2D eigenvalue weighted by Gasteiger charge is 2.29. The lowest BCUT2D eigenvalue weighted by atomic mass is 9.98. The van der Waals surface area contributed by atoms with E-state index in [2.05, 4.69) is 6.08 Å². The minimum atomic E-state index is -1.04. The van der Waals surface area contributed by atoms with Crippen molar-refractivity contribution in [3.8, 4) is 23.0 Å². The van der Waals surface area contributed by atoms with Gasteiger partial charge in [0.15, 0.2) is 0 Å². The molecule has 0 aromatic heterocycles. The van der Waals surface area contributed by atoms with Gasteiger partial charge in [-0.3, -0.25) is 4.79 Å². The van der Waals surface area contributed by atoms with Gasteiger partial charge in [-0.25, -0.2) is 0 Å². The van der Waals surface area contributed by atoms with E-state index < -0.39 is 6.10 Å². The lowest BCUT2D eigenvalue weighted by Crippen LogP contribution is -2.24. The van der Waals surface area contributed by atoms with Gasteiger partial charge in [-0.2, -0.15) is 0 Å². The van der Waals surface area contributed by atoms with Crippen molar-refractivity contribution in [2.24, 2.45) is 5.92 Å². The van der Waals surface area contributed by atoms with Crippen molar-refractivity contribution in [2.75, 3.05) is 28.4 Å². The Morgan fingerprint density at radius 1 is 0.969 bits per heavy atom. The average molecular weight is 463 g/mol. The van der Waals surface area contributed by atoms with E-state index in [4.69, 9.17) is 18.9 Å². The van der Waals surface area contributed by atoms with E-state index in [0.29, 0.717) is 34.8 Å². The fourth-order valence-corrected chi connectivity index (χ4v) is 4.67. The number of ether oxygens (including phenoxy) is 4. The molecule has 0 spiro atoms. The van der Waals surface area contributed by atoms with E-state index in [9.17, 15) is 9.90 Å². The highest BCUT2D eigenvalue weighted by molar-refractivity contribution is 8.14. The Morgan fingerprint density at radius 2 is 1.53 bits per heavy atom. The van der Waals surface area contributed by atoms with Crippen LogP contribution >= 0.6 is 11.8 Å². The maximum atomic E-state index is 12.8. The van der Waals surface area contributed by atoms with E-state index in [1.807, 2.05) is 45.9 Å². The van der Waals surface area contributed by atoms with Crippen LogP contribution in [0, 0.1) is 5.92 Å². The summed E-state index contributed by atoms with van der Waals surface area (Å²) in [4.78, 5) is 12.8. The zero-order valence-electron chi connectivity index (χ0n) is 20.1. The Labute approximate surface area is 194 Å². The molecule has 7 heteroatoms. The molecular weight excluding hydrogens is 428 g/mol. The molecule has 2 aromatic rings. The molecule has 0 fully saturated rings. The third-order valence-electron chi connectivity index (χ3n) is 5.23. The van der Waals surface area contributed by atoms with Gasteiger partial charge < -0.3 is 24.1 Å². The summed E-state index contributed by atoms with van der Waals surface area (Å²) in [6.07, 6.45) is 1.61. The topological polar surface area (TPSA) is 74.2 Å². The third-order valence-corrected chi connectivity index (χ3v) is 6.44. The number of carbonyl (C=O) groups is 1. The first-order chi connectivity index (χ1) is 15.2. The molecule has 2 atom stereocenters. The molecule has 2 rings (SSSR count). The molecule has 2 aromatic carbocycles. The lowest BCUT2D eigenvalue weighted by molar-refractivity contribution is -0.120. The van der Waals surface area contributed by atoms with Crippen LogP contribution in [0.3, 0.4) is 0 Å². The van der Waals surface area contributed by atoms with Crippen molar-refractivity contribution >= 4 is 27.6 Å². The number of aliphatic hydroxyl groups is 1. The molecule has 6 nitrogen and oxygen atoms in total. The zero-order valence-corrected chi connectivity index (χ0v) is 21.0. The summed E-state index contributed by atoms with van der Waals surface area (Å²) in [6, 6.07) is 5.52. The molecular formula is C25H34O6S. The summed E-state index contributed by atoms with van der Waals surface area (Å²) >= 11 is 1.12. The van der Waals surface area contributed by atoms with Gasteiger partial charge in [-0.05, 0) is 44.4 Å². The summed E-state index contributed by atoms with van der Waals surface area (Å²) in [7, 11) is 6.38. The molecule has 0 aliphatic rings. The number of thioether (sulfide) groups is 1. The molecule has 176 valence electrons. The molecule has 0 aliphatic carbocycles. The molecule has 0 saturated heterocycles. The third kappa shape index (κ3) is 5.51. The summed E-state index contributed by atoms with van der Waals surface area (Å²) in [5.41, 5.74) is 1.92. The number of aliphatic hydroxyl groups excluding tert-OH is 1. The monoisotopic (exact) mass is 462 g/mol. The Kier molecular flexibility index (Phi) is 9.28. The van der Waals surface area contributed by atoms with Gasteiger partial charge in [0.05, 0.1) is 39.2 Å². The Morgan fingerprint density at radius 3 is 2.00 bits per heavy atom. The summed E-state index contributed by atoms with van der Waals surface area (Å²) in [5, 5.41) is 11.2. The first kappa shape index (κ1) is 25.9. The van der Waals surface area contributed by atoms with Crippen molar-refractivity contribution in [1.82, 2.24) is 0 Å². The molecule has 0 saturated carbocycles. The molecule has 0 amide bonds. The predicted molar refractivity (Wildman–Crippen MR) is 130 cm³/mol. The minimum Gasteiger partial charge on any atom is -0.496 e. The van der Waals surface area contributed by atoms with Gasteiger partial charge >= 0.3 is 0 Å². The normalized spacial score (nSPS) is 12.9. The van der Waals surface area contributed by atoms with Gasteiger partial charge in [-0.15, -0.1) is 0 Å². The smallest absolute Gasteiger partial charge is 0.218 e. The van der Waals surface area contributed by atoms with Crippen molar-refractivity contribution in [3.05, 3.63) is 35.4 Å². The van der Waals surface area contributed by atoms with Gasteiger partial charge in [-0.1, -0.05) is 37.3 Å². The largest absolute Gasteiger partial charge is 0.496 e. The number of carbonyl (C=O) groups excluding carboxylic acids is 1. The molecule has 1 N–H and O–H groups in total. The quantitative estimate of drug-likeness (QED) is 0.464.